The van der Waals surface area contributed by atoms with Gasteiger partial charge in [-0.1, -0.05) is 0 Å². The molecule has 1 aliphatic rings. The standard InChI is InChI=1S/C13H20N2OS/c1-10(14-2)13-4-3-12(9-15-13)17-11-5-7-16-8-6-11/h3-4,9-11,14H,5-8H2,1-2H3. The second-order valence-electron chi connectivity index (χ2n) is 4.36. The number of ether oxygens (including phenoxy) is 1. The summed E-state index contributed by atoms with van der Waals surface area (Å²) in [5.74, 6) is 0. The summed E-state index contributed by atoms with van der Waals surface area (Å²) < 4.78 is 5.37. The van der Waals surface area contributed by atoms with E-state index < -0.39 is 0 Å². The second-order valence-corrected chi connectivity index (χ2v) is 5.73. The zero-order valence-electron chi connectivity index (χ0n) is 10.5. The molecular weight excluding hydrogens is 232 g/mol. The molecule has 0 bridgehead atoms. The number of nitrogens with zero attached hydrogens (tertiary/aromatic N) is 1. The summed E-state index contributed by atoms with van der Waals surface area (Å²) in [4.78, 5) is 5.77. The predicted molar refractivity (Wildman–Crippen MR) is 71.4 cm³/mol. The fourth-order valence-electron chi connectivity index (χ4n) is 1.85. The maximum Gasteiger partial charge on any atom is 0.0571 e. The molecule has 2 heterocycles. The van der Waals surface area contributed by atoms with Crippen molar-refractivity contribution < 1.29 is 4.74 Å². The first-order valence-corrected chi connectivity index (χ1v) is 7.05. The molecule has 4 heteroatoms. The first-order chi connectivity index (χ1) is 8.29. The van der Waals surface area contributed by atoms with Crippen LogP contribution in [0.1, 0.15) is 31.5 Å². The number of thioether (sulfide) groups is 1. The van der Waals surface area contributed by atoms with Crippen LogP contribution in [-0.4, -0.2) is 30.5 Å². The Kier molecular flexibility index (Phi) is 4.83. The first-order valence-electron chi connectivity index (χ1n) is 6.17. The summed E-state index contributed by atoms with van der Waals surface area (Å²) in [7, 11) is 1.96. The maximum atomic E-state index is 5.37. The first kappa shape index (κ1) is 12.9. The molecule has 1 aliphatic heterocycles. The Bertz CT molecular complexity index is 336. The van der Waals surface area contributed by atoms with E-state index in [0.29, 0.717) is 11.3 Å². The van der Waals surface area contributed by atoms with Crippen molar-refractivity contribution in [2.75, 3.05) is 20.3 Å². The highest BCUT2D eigenvalue weighted by molar-refractivity contribution is 8.00. The lowest BCUT2D eigenvalue weighted by Crippen LogP contribution is -2.17. The molecule has 0 radical (unpaired) electrons. The highest BCUT2D eigenvalue weighted by Crippen LogP contribution is 2.29. The third-order valence-corrected chi connectivity index (χ3v) is 4.43. The van der Waals surface area contributed by atoms with Crippen LogP contribution in [0.15, 0.2) is 23.2 Å². The molecule has 1 aromatic heterocycles. The third kappa shape index (κ3) is 3.69. The van der Waals surface area contributed by atoms with Gasteiger partial charge >= 0.3 is 0 Å². The van der Waals surface area contributed by atoms with Gasteiger partial charge in [-0.25, -0.2) is 0 Å². The van der Waals surface area contributed by atoms with Crippen LogP contribution in [0.3, 0.4) is 0 Å². The molecule has 0 aliphatic carbocycles. The van der Waals surface area contributed by atoms with Crippen LogP contribution in [0.25, 0.3) is 0 Å². The minimum atomic E-state index is 0.317. The fourth-order valence-corrected chi connectivity index (χ4v) is 2.92. The number of hydrogen-bond donors (Lipinski definition) is 1. The van der Waals surface area contributed by atoms with E-state index in [2.05, 4.69) is 29.4 Å². The van der Waals surface area contributed by atoms with Crippen LogP contribution in [0.2, 0.25) is 0 Å². The zero-order chi connectivity index (χ0) is 12.1. The zero-order valence-corrected chi connectivity index (χ0v) is 11.3. The Hall–Kier alpha value is -0.580. The van der Waals surface area contributed by atoms with Gasteiger partial charge < -0.3 is 10.1 Å². The van der Waals surface area contributed by atoms with Crippen molar-refractivity contribution >= 4 is 11.8 Å². The molecule has 0 amide bonds. The summed E-state index contributed by atoms with van der Waals surface area (Å²) in [6.45, 7) is 3.92. The molecule has 3 nitrogen and oxygen atoms in total. The summed E-state index contributed by atoms with van der Waals surface area (Å²) in [5.41, 5.74) is 1.10. The van der Waals surface area contributed by atoms with Crippen molar-refractivity contribution in [1.82, 2.24) is 10.3 Å². The quantitative estimate of drug-likeness (QED) is 0.893. The maximum absolute atomic E-state index is 5.37. The van der Waals surface area contributed by atoms with E-state index in [0.717, 1.165) is 31.7 Å². The smallest absolute Gasteiger partial charge is 0.0571 e. The average molecular weight is 252 g/mol. The van der Waals surface area contributed by atoms with Gasteiger partial charge in [0, 0.05) is 35.6 Å². The molecule has 1 aromatic rings. The molecule has 0 saturated carbocycles. The van der Waals surface area contributed by atoms with Gasteiger partial charge in [0.05, 0.1) is 5.69 Å². The minimum absolute atomic E-state index is 0.317. The summed E-state index contributed by atoms with van der Waals surface area (Å²) >= 11 is 1.93. The third-order valence-electron chi connectivity index (χ3n) is 3.11. The van der Waals surface area contributed by atoms with Crippen LogP contribution in [0, 0.1) is 0 Å². The SMILES string of the molecule is CNC(C)c1ccc(SC2CCOCC2)cn1. The van der Waals surface area contributed by atoms with Gasteiger partial charge in [-0.3, -0.25) is 4.98 Å². The van der Waals surface area contributed by atoms with Crippen molar-refractivity contribution in [3.63, 3.8) is 0 Å². The molecule has 0 spiro atoms. The number of hydrogen-bond acceptors (Lipinski definition) is 4. The van der Waals surface area contributed by atoms with E-state index in [4.69, 9.17) is 4.74 Å². The highest BCUT2D eigenvalue weighted by atomic mass is 32.2. The Labute approximate surface area is 107 Å². The monoisotopic (exact) mass is 252 g/mol. The van der Waals surface area contributed by atoms with Gasteiger partial charge in [-0.05, 0) is 38.9 Å². The lowest BCUT2D eigenvalue weighted by molar-refractivity contribution is 0.100. The predicted octanol–water partition coefficient (Wildman–Crippen LogP) is 2.63. The van der Waals surface area contributed by atoms with E-state index in [1.54, 1.807) is 0 Å². The van der Waals surface area contributed by atoms with Gasteiger partial charge in [-0.2, -0.15) is 0 Å². The van der Waals surface area contributed by atoms with Crippen molar-refractivity contribution in [2.24, 2.45) is 0 Å². The summed E-state index contributed by atoms with van der Waals surface area (Å²) in [5, 5.41) is 3.89. The highest BCUT2D eigenvalue weighted by Gasteiger charge is 2.15. The molecule has 1 saturated heterocycles. The van der Waals surface area contributed by atoms with Crippen molar-refractivity contribution in [2.45, 2.75) is 36.0 Å². The minimum Gasteiger partial charge on any atom is -0.381 e. The van der Waals surface area contributed by atoms with Crippen LogP contribution < -0.4 is 5.32 Å². The lowest BCUT2D eigenvalue weighted by Gasteiger charge is -2.21. The lowest BCUT2D eigenvalue weighted by atomic mass is 10.2. The Morgan fingerprint density at radius 3 is 2.76 bits per heavy atom. The summed E-state index contributed by atoms with van der Waals surface area (Å²) in [6, 6.07) is 4.61. The van der Waals surface area contributed by atoms with Gasteiger partial charge in [0.2, 0.25) is 0 Å². The van der Waals surface area contributed by atoms with Crippen LogP contribution >= 0.6 is 11.8 Å². The molecule has 94 valence electrons. The van der Waals surface area contributed by atoms with Crippen molar-refractivity contribution in [1.29, 1.82) is 0 Å². The fraction of sp³-hybridized carbons (Fsp3) is 0.615. The Morgan fingerprint density at radius 2 is 2.18 bits per heavy atom. The van der Waals surface area contributed by atoms with Gasteiger partial charge in [0.15, 0.2) is 0 Å². The number of aromatic nitrogens is 1. The summed E-state index contributed by atoms with van der Waals surface area (Å²) in [6.07, 6.45) is 4.29. The number of pyridine rings is 1. The number of rotatable bonds is 4. The molecule has 1 N–H and O–H groups in total. The Balaban J connectivity index is 1.93. The largest absolute Gasteiger partial charge is 0.381 e. The van der Waals surface area contributed by atoms with E-state index in [-0.39, 0.29) is 0 Å². The molecule has 0 aromatic carbocycles. The molecule has 1 fully saturated rings. The number of nitrogens with one attached hydrogen (secondary N) is 1. The average Bonchev–Trinajstić information content (AvgIpc) is 2.40. The van der Waals surface area contributed by atoms with Crippen molar-refractivity contribution in [3.8, 4) is 0 Å². The van der Waals surface area contributed by atoms with Crippen molar-refractivity contribution in [3.05, 3.63) is 24.0 Å². The van der Waals surface area contributed by atoms with Gasteiger partial charge in [0.1, 0.15) is 0 Å². The second kappa shape index (κ2) is 6.38. The van der Waals surface area contributed by atoms with Gasteiger partial charge in [0.25, 0.3) is 0 Å². The topological polar surface area (TPSA) is 34.1 Å². The van der Waals surface area contributed by atoms with Crippen LogP contribution in [-0.2, 0) is 4.74 Å². The molecule has 17 heavy (non-hydrogen) atoms. The normalized spacial score (nSPS) is 19.2. The molecule has 1 atom stereocenters. The molecule has 2 rings (SSSR count). The van der Waals surface area contributed by atoms with E-state index in [1.807, 2.05) is 25.0 Å². The van der Waals surface area contributed by atoms with E-state index in [1.165, 1.54) is 4.90 Å². The Morgan fingerprint density at radius 1 is 1.41 bits per heavy atom. The van der Waals surface area contributed by atoms with E-state index in [9.17, 15) is 0 Å². The molecule has 1 unspecified atom stereocenters. The van der Waals surface area contributed by atoms with Crippen LogP contribution in [0.5, 0.6) is 0 Å². The van der Waals surface area contributed by atoms with Crippen LogP contribution in [0.4, 0.5) is 0 Å². The molecular formula is C13H20N2OS. The van der Waals surface area contributed by atoms with Gasteiger partial charge in [-0.15, -0.1) is 11.8 Å². The van der Waals surface area contributed by atoms with E-state index >= 15 is 0 Å².